The first-order valence-corrected chi connectivity index (χ1v) is 9.47. The van der Waals surface area contributed by atoms with Crippen molar-refractivity contribution in [3.63, 3.8) is 0 Å². The summed E-state index contributed by atoms with van der Waals surface area (Å²) in [5.41, 5.74) is 2.69. The molecule has 0 saturated carbocycles. The fraction of sp³-hybridized carbons (Fsp3) is 0.273. The number of aromatic amines is 2. The minimum absolute atomic E-state index is 0.0205. The van der Waals surface area contributed by atoms with E-state index in [2.05, 4.69) is 10.2 Å². The summed E-state index contributed by atoms with van der Waals surface area (Å²) in [6.07, 6.45) is 0.507. The number of hydrogen-bond acceptors (Lipinski definition) is 6. The molecule has 3 aromatic rings. The molecule has 1 aliphatic rings. The average molecular weight is 410 g/mol. The van der Waals surface area contributed by atoms with E-state index >= 15 is 0 Å². The Morgan fingerprint density at radius 1 is 1.07 bits per heavy atom. The van der Waals surface area contributed by atoms with Crippen molar-refractivity contribution in [2.75, 3.05) is 21.0 Å². The molecule has 2 N–H and O–H groups in total. The van der Waals surface area contributed by atoms with Gasteiger partial charge in [-0.05, 0) is 35.4 Å². The van der Waals surface area contributed by atoms with Crippen molar-refractivity contribution in [3.05, 3.63) is 75.2 Å². The lowest BCUT2D eigenvalue weighted by Crippen LogP contribution is -2.18. The maximum atomic E-state index is 12.7. The van der Waals surface area contributed by atoms with Crippen LogP contribution in [0.25, 0.3) is 0 Å². The molecule has 1 atom stereocenters. The molecule has 156 valence electrons. The zero-order valence-corrected chi connectivity index (χ0v) is 16.7. The van der Waals surface area contributed by atoms with Crippen LogP contribution >= 0.6 is 0 Å². The van der Waals surface area contributed by atoms with Crippen molar-refractivity contribution in [1.82, 2.24) is 10.2 Å². The fourth-order valence-electron chi connectivity index (χ4n) is 3.63. The smallest absolute Gasteiger partial charge is 0.306 e. The molecule has 0 fully saturated rings. The second kappa shape index (κ2) is 8.36. The Balaban J connectivity index is 1.72. The number of carbonyl (C=O) groups excluding carboxylic acids is 1. The summed E-state index contributed by atoms with van der Waals surface area (Å²) in [5, 5.41) is 5.63. The van der Waals surface area contributed by atoms with Gasteiger partial charge >= 0.3 is 5.97 Å². The van der Waals surface area contributed by atoms with Crippen LogP contribution in [-0.4, -0.2) is 37.2 Å². The number of rotatable bonds is 7. The summed E-state index contributed by atoms with van der Waals surface area (Å²) in [6, 6.07) is 13.0. The third-order valence-corrected chi connectivity index (χ3v) is 5.18. The number of carbonyl (C=O) groups is 1. The van der Waals surface area contributed by atoms with Gasteiger partial charge in [-0.15, -0.1) is 0 Å². The van der Waals surface area contributed by atoms with E-state index in [0.29, 0.717) is 29.2 Å². The van der Waals surface area contributed by atoms with Crippen molar-refractivity contribution in [2.45, 2.75) is 18.8 Å². The first-order valence-electron chi connectivity index (χ1n) is 9.47. The Morgan fingerprint density at radius 2 is 1.83 bits per heavy atom. The number of H-pyrrole nitrogens is 2. The summed E-state index contributed by atoms with van der Waals surface area (Å²) in [4.78, 5) is 24.9. The molecule has 0 bridgehead atoms. The highest BCUT2D eigenvalue weighted by molar-refractivity contribution is 5.71. The Labute approximate surface area is 172 Å². The Kier molecular flexibility index (Phi) is 5.47. The van der Waals surface area contributed by atoms with Gasteiger partial charge in [0.15, 0.2) is 11.5 Å². The molecule has 0 unspecified atom stereocenters. The van der Waals surface area contributed by atoms with Crippen LogP contribution < -0.4 is 19.8 Å². The van der Waals surface area contributed by atoms with Crippen LogP contribution in [0.3, 0.4) is 0 Å². The molecule has 0 radical (unpaired) electrons. The number of hydrogen-bond donors (Lipinski definition) is 2. The zero-order valence-electron chi connectivity index (χ0n) is 16.7. The van der Waals surface area contributed by atoms with Crippen LogP contribution in [0.1, 0.15) is 34.7 Å². The second-order valence-electron chi connectivity index (χ2n) is 6.94. The normalized spacial score (nSPS) is 13.1. The van der Waals surface area contributed by atoms with Crippen molar-refractivity contribution in [3.8, 4) is 17.2 Å². The van der Waals surface area contributed by atoms with Crippen LogP contribution in [0.2, 0.25) is 0 Å². The molecular formula is C22H22N2O6. The highest BCUT2D eigenvalue weighted by Crippen LogP contribution is 2.37. The first-order chi connectivity index (χ1) is 14.6. The summed E-state index contributed by atoms with van der Waals surface area (Å²) < 4.78 is 20.9. The van der Waals surface area contributed by atoms with Gasteiger partial charge in [0.25, 0.3) is 5.56 Å². The number of ether oxygens (including phenoxy) is 4. The lowest BCUT2D eigenvalue weighted by molar-refractivity contribution is -0.140. The maximum Gasteiger partial charge on any atom is 0.306 e. The van der Waals surface area contributed by atoms with Gasteiger partial charge in [-0.1, -0.05) is 18.2 Å². The van der Waals surface area contributed by atoms with E-state index in [-0.39, 0.29) is 18.8 Å². The average Bonchev–Trinajstić information content (AvgIpc) is 3.38. The molecule has 8 heteroatoms. The van der Waals surface area contributed by atoms with Gasteiger partial charge in [0.05, 0.1) is 20.6 Å². The van der Waals surface area contributed by atoms with Gasteiger partial charge in [0.1, 0.15) is 5.75 Å². The summed E-state index contributed by atoms with van der Waals surface area (Å²) in [5.74, 6) is 1.07. The Bertz CT molecular complexity index is 1100. The minimum Gasteiger partial charge on any atom is -0.497 e. The lowest BCUT2D eigenvalue weighted by Gasteiger charge is -2.17. The van der Waals surface area contributed by atoms with Gasteiger partial charge < -0.3 is 24.0 Å². The number of methoxy groups -OCH3 is 2. The number of fused-ring (bicyclic) bond motifs is 1. The largest absolute Gasteiger partial charge is 0.497 e. The lowest BCUT2D eigenvalue weighted by atomic mass is 9.87. The van der Waals surface area contributed by atoms with Crippen molar-refractivity contribution < 1.29 is 23.7 Å². The number of esters is 1. The van der Waals surface area contributed by atoms with Crippen molar-refractivity contribution in [2.24, 2.45) is 0 Å². The molecule has 8 nitrogen and oxygen atoms in total. The van der Waals surface area contributed by atoms with Gasteiger partial charge in [-0.25, -0.2) is 0 Å². The van der Waals surface area contributed by atoms with Gasteiger partial charge in [0.2, 0.25) is 6.79 Å². The zero-order chi connectivity index (χ0) is 21.1. The Morgan fingerprint density at radius 3 is 2.57 bits per heavy atom. The molecule has 0 amide bonds. The van der Waals surface area contributed by atoms with Crippen molar-refractivity contribution in [1.29, 1.82) is 0 Å². The van der Waals surface area contributed by atoms with E-state index in [4.69, 9.17) is 18.9 Å². The van der Waals surface area contributed by atoms with E-state index in [0.717, 1.165) is 16.9 Å². The number of nitrogens with one attached hydrogen (secondary N) is 2. The summed E-state index contributed by atoms with van der Waals surface area (Å²) >= 11 is 0. The third kappa shape index (κ3) is 3.89. The molecule has 1 aromatic heterocycles. The summed E-state index contributed by atoms with van der Waals surface area (Å²) in [7, 11) is 2.94. The van der Waals surface area contributed by atoms with Crippen LogP contribution in [-0.2, 0) is 16.0 Å². The first kappa shape index (κ1) is 19.6. The van der Waals surface area contributed by atoms with Crippen LogP contribution in [0, 0.1) is 0 Å². The number of benzene rings is 2. The predicted octanol–water partition coefficient (Wildman–Crippen LogP) is 2.73. The molecule has 30 heavy (non-hydrogen) atoms. The third-order valence-electron chi connectivity index (χ3n) is 5.18. The predicted molar refractivity (Wildman–Crippen MR) is 108 cm³/mol. The van der Waals surface area contributed by atoms with E-state index in [9.17, 15) is 9.59 Å². The van der Waals surface area contributed by atoms with Gasteiger partial charge in [0, 0.05) is 23.6 Å². The number of aromatic nitrogens is 2. The molecule has 0 spiro atoms. The SMILES string of the molecule is COC(=O)C[C@@H](c1ccc2c(c1)OCO2)c1c(Cc2ccc(OC)cc2)[nH][nH]c1=O. The van der Waals surface area contributed by atoms with Crippen LogP contribution in [0.5, 0.6) is 17.2 Å². The van der Waals surface area contributed by atoms with Crippen molar-refractivity contribution >= 4 is 5.97 Å². The molecule has 0 saturated heterocycles. The van der Waals surface area contributed by atoms with E-state index in [1.165, 1.54) is 7.11 Å². The molecule has 2 heterocycles. The standard InChI is InChI=1S/C22H22N2O6/c1-27-15-6-3-13(4-7-15)9-17-21(22(26)24-23-17)16(11-20(25)28-2)14-5-8-18-19(10-14)30-12-29-18/h3-8,10,16H,9,11-12H2,1-2H3,(H2,23,24,26)/t16-/m0/s1. The highest BCUT2D eigenvalue weighted by atomic mass is 16.7. The van der Waals surface area contributed by atoms with Gasteiger partial charge in [-0.3, -0.25) is 14.7 Å². The molecule has 4 rings (SSSR count). The topological polar surface area (TPSA) is 103 Å². The maximum absolute atomic E-state index is 12.7. The Hall–Kier alpha value is -3.68. The van der Waals surface area contributed by atoms with E-state index in [1.54, 1.807) is 19.2 Å². The van der Waals surface area contributed by atoms with Crippen LogP contribution in [0.4, 0.5) is 0 Å². The minimum atomic E-state index is -0.504. The summed E-state index contributed by atoms with van der Waals surface area (Å²) in [6.45, 7) is 0.147. The van der Waals surface area contributed by atoms with Gasteiger partial charge in [-0.2, -0.15) is 0 Å². The van der Waals surface area contributed by atoms with Crippen LogP contribution in [0.15, 0.2) is 47.3 Å². The fourth-order valence-corrected chi connectivity index (χ4v) is 3.63. The molecule has 2 aromatic carbocycles. The van der Waals surface area contributed by atoms with E-state index < -0.39 is 11.9 Å². The van der Waals surface area contributed by atoms with E-state index in [1.807, 2.05) is 30.3 Å². The molecule has 1 aliphatic heterocycles. The highest BCUT2D eigenvalue weighted by Gasteiger charge is 2.27. The monoisotopic (exact) mass is 410 g/mol. The molecule has 0 aliphatic carbocycles. The quantitative estimate of drug-likeness (QED) is 0.581. The molecular weight excluding hydrogens is 388 g/mol. The second-order valence-corrected chi connectivity index (χ2v) is 6.94.